The fourth-order valence-corrected chi connectivity index (χ4v) is 10.1. The van der Waals surface area contributed by atoms with E-state index in [9.17, 15) is 0 Å². The summed E-state index contributed by atoms with van der Waals surface area (Å²) in [5.41, 5.74) is 3.77. The molecule has 0 aliphatic heterocycles. The van der Waals surface area contributed by atoms with E-state index in [0.29, 0.717) is 5.04 Å². The van der Waals surface area contributed by atoms with Crippen LogP contribution in [0.4, 0.5) is 0 Å². The van der Waals surface area contributed by atoms with Crippen LogP contribution in [0.15, 0.2) is 30.3 Å². The van der Waals surface area contributed by atoms with Crippen molar-refractivity contribution in [2.45, 2.75) is 81.3 Å². The van der Waals surface area contributed by atoms with Crippen LogP contribution in [0.2, 0.25) is 11.1 Å². The Bertz CT molecular complexity index is 395. The van der Waals surface area contributed by atoms with E-state index in [1.165, 1.54) is 51.4 Å². The van der Waals surface area contributed by atoms with Crippen molar-refractivity contribution in [1.82, 2.24) is 0 Å². The second-order valence-electron chi connectivity index (χ2n) is 7.41. The van der Waals surface area contributed by atoms with Crippen LogP contribution in [0.3, 0.4) is 0 Å². The first-order chi connectivity index (χ1) is 9.69. The topological polar surface area (TPSA) is 0 Å². The lowest BCUT2D eigenvalue weighted by Crippen LogP contribution is -2.44. The number of hydrogen-bond acceptors (Lipinski definition) is 0. The third-order valence-corrected chi connectivity index (χ3v) is 10.5. The van der Waals surface area contributed by atoms with Gasteiger partial charge in [-0.15, -0.1) is 0 Å². The molecular formula is C19H29Si. The van der Waals surface area contributed by atoms with Crippen LogP contribution in [0.1, 0.15) is 70.8 Å². The summed E-state index contributed by atoms with van der Waals surface area (Å²) in [7, 11) is -0.328. The fourth-order valence-electron chi connectivity index (χ4n) is 4.85. The van der Waals surface area contributed by atoms with Crippen LogP contribution < -0.4 is 0 Å². The largest absolute Gasteiger partial charge is 0.0661 e. The molecule has 1 heteroatoms. The van der Waals surface area contributed by atoms with E-state index in [1.807, 2.05) is 0 Å². The SMILES string of the molecule is CC(C)(c1ccccc1)[Si](C1CCCC1)C1CCCC1. The van der Waals surface area contributed by atoms with Gasteiger partial charge < -0.3 is 0 Å². The Morgan fingerprint density at radius 1 is 0.800 bits per heavy atom. The fraction of sp³-hybridized carbons (Fsp3) is 0.684. The summed E-state index contributed by atoms with van der Waals surface area (Å²) in [6, 6.07) is 11.4. The molecule has 0 spiro atoms. The third kappa shape index (κ3) is 2.74. The molecule has 0 nitrogen and oxygen atoms in total. The number of rotatable bonds is 4. The van der Waals surface area contributed by atoms with E-state index >= 15 is 0 Å². The van der Waals surface area contributed by atoms with Crippen LogP contribution in [0.25, 0.3) is 0 Å². The molecule has 1 aromatic rings. The molecule has 3 rings (SSSR count). The van der Waals surface area contributed by atoms with E-state index in [4.69, 9.17) is 0 Å². The Balaban J connectivity index is 1.90. The first kappa shape index (κ1) is 14.4. The second-order valence-corrected chi connectivity index (χ2v) is 11.2. The van der Waals surface area contributed by atoms with Gasteiger partial charge in [0.1, 0.15) is 0 Å². The van der Waals surface area contributed by atoms with Crippen molar-refractivity contribution >= 4 is 8.80 Å². The van der Waals surface area contributed by atoms with Gasteiger partial charge in [0.2, 0.25) is 0 Å². The first-order valence-electron chi connectivity index (χ1n) is 8.62. The minimum absolute atomic E-state index is 0.328. The second kappa shape index (κ2) is 6.05. The van der Waals surface area contributed by atoms with E-state index in [2.05, 4.69) is 44.2 Å². The zero-order valence-electron chi connectivity index (χ0n) is 13.2. The standard InChI is InChI=1S/C19H29Si/c1-19(2,16-10-4-3-5-11-16)20(17-12-6-7-13-17)18-14-8-9-15-18/h3-5,10-11,17-18H,6-9,12-15H2,1-2H3. The molecule has 0 aromatic heterocycles. The first-order valence-corrected chi connectivity index (χ1v) is 10.3. The van der Waals surface area contributed by atoms with Crippen LogP contribution in [0, 0.1) is 0 Å². The minimum Gasteiger partial charge on any atom is -0.0622 e. The van der Waals surface area contributed by atoms with Crippen molar-refractivity contribution in [3.63, 3.8) is 0 Å². The molecule has 0 amide bonds. The summed E-state index contributed by atoms with van der Waals surface area (Å²) in [5.74, 6) is 0. The van der Waals surface area contributed by atoms with Gasteiger partial charge in [-0.1, -0.05) is 95.5 Å². The normalized spacial score (nSPS) is 21.9. The van der Waals surface area contributed by atoms with Gasteiger partial charge >= 0.3 is 0 Å². The van der Waals surface area contributed by atoms with Crippen molar-refractivity contribution < 1.29 is 0 Å². The summed E-state index contributed by atoms with van der Waals surface area (Å²) in [6.45, 7) is 5.13. The number of benzene rings is 1. The van der Waals surface area contributed by atoms with Gasteiger partial charge in [0.25, 0.3) is 0 Å². The quantitative estimate of drug-likeness (QED) is 0.605. The average molecular weight is 286 g/mol. The number of hydrogen-bond donors (Lipinski definition) is 0. The zero-order chi connectivity index (χ0) is 14.0. The molecule has 0 bridgehead atoms. The van der Waals surface area contributed by atoms with Crippen molar-refractivity contribution in [2.24, 2.45) is 0 Å². The lowest BCUT2D eigenvalue weighted by Gasteiger charge is -2.41. The van der Waals surface area contributed by atoms with Crippen LogP contribution >= 0.6 is 0 Å². The summed E-state index contributed by atoms with van der Waals surface area (Å²) in [6.07, 6.45) is 12.1. The molecule has 2 aliphatic carbocycles. The maximum absolute atomic E-state index is 2.56. The third-order valence-electron chi connectivity index (χ3n) is 5.81. The summed E-state index contributed by atoms with van der Waals surface area (Å²) < 4.78 is 0. The Labute approximate surface area is 126 Å². The smallest absolute Gasteiger partial charge is 0.0622 e. The molecule has 0 unspecified atom stereocenters. The molecule has 2 fully saturated rings. The Morgan fingerprint density at radius 3 is 1.70 bits per heavy atom. The van der Waals surface area contributed by atoms with E-state index in [1.54, 1.807) is 5.56 Å². The molecule has 2 aliphatic rings. The van der Waals surface area contributed by atoms with Crippen molar-refractivity contribution in [3.05, 3.63) is 35.9 Å². The molecule has 1 aromatic carbocycles. The molecule has 20 heavy (non-hydrogen) atoms. The highest BCUT2D eigenvalue weighted by molar-refractivity contribution is 6.65. The Hall–Kier alpha value is -0.563. The van der Waals surface area contributed by atoms with Crippen molar-refractivity contribution in [3.8, 4) is 0 Å². The summed E-state index contributed by atoms with van der Waals surface area (Å²) >= 11 is 0. The lowest BCUT2D eigenvalue weighted by molar-refractivity contribution is 0.644. The molecule has 109 valence electrons. The molecule has 0 heterocycles. The van der Waals surface area contributed by atoms with Gasteiger partial charge in [-0.2, -0.15) is 0 Å². The highest BCUT2D eigenvalue weighted by Crippen LogP contribution is 2.50. The van der Waals surface area contributed by atoms with Crippen LogP contribution in [0.5, 0.6) is 0 Å². The van der Waals surface area contributed by atoms with Crippen LogP contribution in [-0.4, -0.2) is 8.80 Å². The molecule has 0 saturated heterocycles. The maximum Gasteiger partial charge on any atom is 0.0661 e. The molecule has 0 N–H and O–H groups in total. The average Bonchev–Trinajstić information content (AvgIpc) is 3.14. The van der Waals surface area contributed by atoms with Gasteiger partial charge in [0, 0.05) is 0 Å². The maximum atomic E-state index is 2.56. The van der Waals surface area contributed by atoms with Crippen molar-refractivity contribution in [1.29, 1.82) is 0 Å². The summed E-state index contributed by atoms with van der Waals surface area (Å²) in [4.78, 5) is 0. The molecular weight excluding hydrogens is 256 g/mol. The summed E-state index contributed by atoms with van der Waals surface area (Å²) in [5, 5.41) is 0.440. The van der Waals surface area contributed by atoms with Crippen LogP contribution in [-0.2, 0) is 5.04 Å². The molecule has 0 atom stereocenters. The van der Waals surface area contributed by atoms with Gasteiger partial charge in [-0.05, 0) is 21.7 Å². The Kier molecular flexibility index (Phi) is 4.35. The van der Waals surface area contributed by atoms with E-state index in [0.717, 1.165) is 11.1 Å². The van der Waals surface area contributed by atoms with E-state index < -0.39 is 0 Å². The predicted molar refractivity (Wildman–Crippen MR) is 89.7 cm³/mol. The lowest BCUT2D eigenvalue weighted by atomic mass is 10.0. The zero-order valence-corrected chi connectivity index (χ0v) is 14.2. The highest BCUT2D eigenvalue weighted by Gasteiger charge is 2.44. The minimum atomic E-state index is -0.328. The monoisotopic (exact) mass is 285 g/mol. The predicted octanol–water partition coefficient (Wildman–Crippen LogP) is 5.89. The molecule has 2 saturated carbocycles. The van der Waals surface area contributed by atoms with E-state index in [-0.39, 0.29) is 8.80 Å². The highest BCUT2D eigenvalue weighted by atomic mass is 28.3. The van der Waals surface area contributed by atoms with Gasteiger partial charge in [0.15, 0.2) is 0 Å². The van der Waals surface area contributed by atoms with Crippen molar-refractivity contribution in [2.75, 3.05) is 0 Å². The molecule has 1 radical (unpaired) electrons. The van der Waals surface area contributed by atoms with Gasteiger partial charge in [-0.25, -0.2) is 0 Å². The van der Waals surface area contributed by atoms with Gasteiger partial charge in [-0.3, -0.25) is 0 Å². The Morgan fingerprint density at radius 2 is 1.25 bits per heavy atom. The van der Waals surface area contributed by atoms with Gasteiger partial charge in [0.05, 0.1) is 8.80 Å².